The first-order valence-corrected chi connectivity index (χ1v) is 7.55. The highest BCUT2D eigenvalue weighted by Crippen LogP contribution is 2.19. The fourth-order valence-corrected chi connectivity index (χ4v) is 2.62. The molecule has 3 rings (SSSR count). The van der Waals surface area contributed by atoms with Gasteiger partial charge in [0.25, 0.3) is 5.91 Å². The smallest absolute Gasteiger partial charge is 0.275 e. The molecule has 1 aliphatic heterocycles. The van der Waals surface area contributed by atoms with Crippen LogP contribution in [0.2, 0.25) is 0 Å². The van der Waals surface area contributed by atoms with Gasteiger partial charge in [0.15, 0.2) is 0 Å². The molecule has 0 aliphatic carbocycles. The third kappa shape index (κ3) is 3.81. The van der Waals surface area contributed by atoms with Crippen LogP contribution in [0.1, 0.15) is 24.3 Å². The Kier molecular flexibility index (Phi) is 4.47. The van der Waals surface area contributed by atoms with Crippen LogP contribution in [0.25, 0.3) is 0 Å². The van der Waals surface area contributed by atoms with E-state index in [1.165, 1.54) is 18.6 Å². The van der Waals surface area contributed by atoms with E-state index in [1.807, 2.05) is 12.1 Å². The van der Waals surface area contributed by atoms with E-state index in [0.717, 1.165) is 18.9 Å². The van der Waals surface area contributed by atoms with Crippen molar-refractivity contribution in [2.45, 2.75) is 26.1 Å². The molecule has 3 heterocycles. The maximum atomic E-state index is 12.0. The number of morpholine rings is 1. The molecule has 0 saturated carbocycles. The number of anilines is 2. The van der Waals surface area contributed by atoms with Gasteiger partial charge in [0.2, 0.25) is 0 Å². The lowest BCUT2D eigenvalue weighted by molar-refractivity contribution is -0.00545. The third-order valence-corrected chi connectivity index (χ3v) is 3.55. The molecule has 0 unspecified atom stereocenters. The summed E-state index contributed by atoms with van der Waals surface area (Å²) in [5.74, 6) is 0.575. The minimum absolute atomic E-state index is 0.177. The highest BCUT2D eigenvalue weighted by atomic mass is 16.5. The lowest BCUT2D eigenvalue weighted by Gasteiger charge is -2.36. The molecule has 7 nitrogen and oxygen atoms in total. The van der Waals surface area contributed by atoms with Gasteiger partial charge in [0.05, 0.1) is 30.3 Å². The molecule has 2 aromatic rings. The number of hydrogen-bond acceptors (Lipinski definition) is 6. The van der Waals surface area contributed by atoms with E-state index in [-0.39, 0.29) is 23.8 Å². The Balaban J connectivity index is 1.66. The van der Waals surface area contributed by atoms with E-state index in [0.29, 0.717) is 5.69 Å². The predicted octanol–water partition coefficient (Wildman–Crippen LogP) is 1.74. The molecule has 7 heteroatoms. The molecule has 1 fully saturated rings. The average Bonchev–Trinajstić information content (AvgIpc) is 2.55. The van der Waals surface area contributed by atoms with Crippen molar-refractivity contribution in [2.24, 2.45) is 0 Å². The highest BCUT2D eigenvalue weighted by molar-refractivity contribution is 6.02. The molecule has 0 spiro atoms. The minimum Gasteiger partial charge on any atom is -0.372 e. The molecule has 1 N–H and O–H groups in total. The van der Waals surface area contributed by atoms with Gasteiger partial charge < -0.3 is 15.0 Å². The molecule has 0 radical (unpaired) electrons. The Bertz CT molecular complexity index is 652. The van der Waals surface area contributed by atoms with Crippen LogP contribution in [-0.2, 0) is 4.74 Å². The number of pyridine rings is 1. The number of aromatic nitrogens is 3. The highest BCUT2D eigenvalue weighted by Gasteiger charge is 2.23. The normalized spacial score (nSPS) is 21.0. The zero-order chi connectivity index (χ0) is 16.2. The second-order valence-electron chi connectivity index (χ2n) is 5.61. The van der Waals surface area contributed by atoms with Crippen molar-refractivity contribution >= 4 is 17.4 Å². The Hall–Kier alpha value is -2.54. The number of rotatable bonds is 3. The molecule has 2 aromatic heterocycles. The van der Waals surface area contributed by atoms with Crippen molar-refractivity contribution in [2.75, 3.05) is 23.3 Å². The van der Waals surface area contributed by atoms with E-state index in [1.54, 1.807) is 6.20 Å². The van der Waals surface area contributed by atoms with Crippen molar-refractivity contribution < 1.29 is 9.53 Å². The second-order valence-corrected chi connectivity index (χ2v) is 5.61. The largest absolute Gasteiger partial charge is 0.372 e. The number of ether oxygens (including phenoxy) is 1. The third-order valence-electron chi connectivity index (χ3n) is 3.55. The lowest BCUT2D eigenvalue weighted by Crippen LogP contribution is -2.45. The van der Waals surface area contributed by atoms with Crippen LogP contribution in [-0.4, -0.2) is 46.2 Å². The molecule has 0 bridgehead atoms. The predicted molar refractivity (Wildman–Crippen MR) is 86.4 cm³/mol. The maximum absolute atomic E-state index is 12.0. The SMILES string of the molecule is C[C@@H]1CN(c2ccc(NC(=O)c3cnccn3)cn2)C[C@H](C)O1. The summed E-state index contributed by atoms with van der Waals surface area (Å²) in [4.78, 5) is 26.5. The van der Waals surface area contributed by atoms with Gasteiger partial charge in [-0.05, 0) is 26.0 Å². The number of nitrogens with zero attached hydrogens (tertiary/aromatic N) is 4. The van der Waals surface area contributed by atoms with Crippen LogP contribution in [0.15, 0.2) is 36.9 Å². The summed E-state index contributed by atoms with van der Waals surface area (Å²) < 4.78 is 5.72. The van der Waals surface area contributed by atoms with Gasteiger partial charge in [0.1, 0.15) is 11.5 Å². The number of amides is 1. The summed E-state index contributed by atoms with van der Waals surface area (Å²) in [7, 11) is 0. The average molecular weight is 313 g/mol. The van der Waals surface area contributed by atoms with Crippen LogP contribution in [0.4, 0.5) is 11.5 Å². The Labute approximate surface area is 134 Å². The lowest BCUT2D eigenvalue weighted by atomic mass is 10.2. The molecule has 1 amide bonds. The summed E-state index contributed by atoms with van der Waals surface area (Å²) in [6.45, 7) is 5.72. The van der Waals surface area contributed by atoms with Crippen LogP contribution < -0.4 is 10.2 Å². The fraction of sp³-hybridized carbons (Fsp3) is 0.375. The van der Waals surface area contributed by atoms with Crippen molar-refractivity contribution in [1.82, 2.24) is 15.0 Å². The molecule has 23 heavy (non-hydrogen) atoms. The monoisotopic (exact) mass is 313 g/mol. The molecule has 1 saturated heterocycles. The maximum Gasteiger partial charge on any atom is 0.275 e. The quantitative estimate of drug-likeness (QED) is 0.929. The zero-order valence-electron chi connectivity index (χ0n) is 13.1. The number of carbonyl (C=O) groups is 1. The first-order chi connectivity index (χ1) is 11.1. The second kappa shape index (κ2) is 6.70. The number of nitrogens with one attached hydrogen (secondary N) is 1. The van der Waals surface area contributed by atoms with E-state index < -0.39 is 0 Å². The summed E-state index contributed by atoms with van der Waals surface area (Å²) >= 11 is 0. The van der Waals surface area contributed by atoms with Crippen molar-refractivity contribution in [3.05, 3.63) is 42.6 Å². The van der Waals surface area contributed by atoms with Gasteiger partial charge in [-0.25, -0.2) is 9.97 Å². The molecular weight excluding hydrogens is 294 g/mol. The molecule has 120 valence electrons. The Morgan fingerprint density at radius 2 is 1.96 bits per heavy atom. The Morgan fingerprint density at radius 3 is 2.57 bits per heavy atom. The summed E-state index contributed by atoms with van der Waals surface area (Å²) in [5, 5.41) is 2.76. The van der Waals surface area contributed by atoms with Gasteiger partial charge in [0, 0.05) is 25.5 Å². The van der Waals surface area contributed by atoms with Gasteiger partial charge in [-0.3, -0.25) is 9.78 Å². The fourth-order valence-electron chi connectivity index (χ4n) is 2.62. The van der Waals surface area contributed by atoms with Gasteiger partial charge in [-0.1, -0.05) is 0 Å². The van der Waals surface area contributed by atoms with Crippen molar-refractivity contribution in [3.8, 4) is 0 Å². The first-order valence-electron chi connectivity index (χ1n) is 7.55. The Morgan fingerprint density at radius 1 is 1.17 bits per heavy atom. The van der Waals surface area contributed by atoms with Crippen LogP contribution in [0, 0.1) is 0 Å². The van der Waals surface area contributed by atoms with Gasteiger partial charge >= 0.3 is 0 Å². The molecule has 2 atom stereocenters. The zero-order valence-corrected chi connectivity index (χ0v) is 13.1. The first kappa shape index (κ1) is 15.4. The van der Waals surface area contributed by atoms with Gasteiger partial charge in [-0.15, -0.1) is 0 Å². The molecule has 0 aromatic carbocycles. The van der Waals surface area contributed by atoms with E-state index in [9.17, 15) is 4.79 Å². The van der Waals surface area contributed by atoms with Gasteiger partial charge in [-0.2, -0.15) is 0 Å². The van der Waals surface area contributed by atoms with Crippen molar-refractivity contribution in [3.63, 3.8) is 0 Å². The summed E-state index contributed by atoms with van der Waals surface area (Å²) in [6, 6.07) is 3.73. The van der Waals surface area contributed by atoms with Crippen molar-refractivity contribution in [1.29, 1.82) is 0 Å². The van der Waals surface area contributed by atoms with Crippen LogP contribution in [0.3, 0.4) is 0 Å². The molecule has 1 aliphatic rings. The van der Waals surface area contributed by atoms with E-state index in [4.69, 9.17) is 4.74 Å². The topological polar surface area (TPSA) is 80.2 Å². The van der Waals surface area contributed by atoms with E-state index in [2.05, 4.69) is 39.0 Å². The summed E-state index contributed by atoms with van der Waals surface area (Å²) in [6.07, 6.45) is 6.43. The summed E-state index contributed by atoms with van der Waals surface area (Å²) in [5.41, 5.74) is 0.895. The number of hydrogen-bond donors (Lipinski definition) is 1. The van der Waals surface area contributed by atoms with Crippen LogP contribution in [0.5, 0.6) is 0 Å². The minimum atomic E-state index is -0.304. The number of carbonyl (C=O) groups excluding carboxylic acids is 1. The standard InChI is InChI=1S/C16H19N5O2/c1-11-9-21(10-12(2)23-11)15-4-3-13(7-19-15)20-16(22)14-8-17-5-6-18-14/h3-8,11-12H,9-10H2,1-2H3,(H,20,22)/t11-,12+. The molecular formula is C16H19N5O2. The van der Waals surface area contributed by atoms with Crippen LogP contribution >= 0.6 is 0 Å². The van der Waals surface area contributed by atoms with E-state index >= 15 is 0 Å².